The summed E-state index contributed by atoms with van der Waals surface area (Å²) >= 11 is 13.3. The molecular weight excluding hydrogens is 539 g/mol. The van der Waals surface area contributed by atoms with Crippen LogP contribution < -0.4 is 9.64 Å². The van der Waals surface area contributed by atoms with E-state index in [0.29, 0.717) is 28.1 Å². The summed E-state index contributed by atoms with van der Waals surface area (Å²) in [5.41, 5.74) is 1.60. The molecule has 1 N–H and O–H groups in total. The molecular formula is C26H22Cl2N2O6S. The van der Waals surface area contributed by atoms with E-state index in [2.05, 4.69) is 4.98 Å². The Balaban J connectivity index is 1.95. The summed E-state index contributed by atoms with van der Waals surface area (Å²) in [5.74, 6) is -2.20. The number of aliphatic hydroxyl groups excluding tert-OH is 1. The molecule has 1 atom stereocenters. The highest BCUT2D eigenvalue weighted by Crippen LogP contribution is 2.45. The second-order valence-electron chi connectivity index (χ2n) is 8.15. The number of hydrogen-bond donors (Lipinski definition) is 1. The van der Waals surface area contributed by atoms with Crippen molar-refractivity contribution in [2.45, 2.75) is 26.8 Å². The number of carbonyl (C=O) groups excluding carboxylic acids is 3. The molecule has 1 aliphatic rings. The number of Topliss-reactive ketones (excluding diaryl/α,β-unsaturated/α-hetero) is 1. The highest BCUT2D eigenvalue weighted by molar-refractivity contribution is 7.17. The minimum absolute atomic E-state index is 0.101. The number of thiazole rings is 1. The summed E-state index contributed by atoms with van der Waals surface area (Å²) in [7, 11) is 1.52. The van der Waals surface area contributed by atoms with Gasteiger partial charge in [0.05, 0.1) is 41.1 Å². The zero-order chi connectivity index (χ0) is 27.0. The van der Waals surface area contributed by atoms with Gasteiger partial charge < -0.3 is 14.6 Å². The summed E-state index contributed by atoms with van der Waals surface area (Å²) < 4.78 is 10.3. The van der Waals surface area contributed by atoms with Gasteiger partial charge in [0.15, 0.2) is 5.13 Å². The third kappa shape index (κ3) is 4.82. The standard InChI is InChI=1S/C26H22Cl2N2O6S/c1-5-36-25(34)23-13(3)29-26(37-23)30-20(14-6-9-17(27)18(28)11-14)19(22(32)24(30)33)21(31)16-8-7-15(35-4)10-12(16)2/h6-11,20,31H,5H2,1-4H3/b21-19+/t20-/m1/s1. The van der Waals surface area contributed by atoms with Crippen LogP contribution in [-0.4, -0.2) is 41.5 Å². The van der Waals surface area contributed by atoms with E-state index in [1.54, 1.807) is 45.0 Å². The molecule has 1 amide bonds. The van der Waals surface area contributed by atoms with E-state index in [0.717, 1.165) is 16.2 Å². The lowest BCUT2D eigenvalue weighted by molar-refractivity contribution is -0.132. The van der Waals surface area contributed by atoms with Crippen LogP contribution in [0, 0.1) is 13.8 Å². The van der Waals surface area contributed by atoms with E-state index in [1.165, 1.54) is 19.2 Å². The van der Waals surface area contributed by atoms with Gasteiger partial charge in [-0.3, -0.25) is 14.5 Å². The van der Waals surface area contributed by atoms with Crippen molar-refractivity contribution in [1.82, 2.24) is 4.98 Å². The van der Waals surface area contributed by atoms with Crippen molar-refractivity contribution in [3.63, 3.8) is 0 Å². The van der Waals surface area contributed by atoms with E-state index < -0.39 is 23.7 Å². The lowest BCUT2D eigenvalue weighted by Gasteiger charge is -2.23. The number of halogens is 2. The van der Waals surface area contributed by atoms with E-state index in [-0.39, 0.29) is 38.0 Å². The largest absolute Gasteiger partial charge is 0.507 e. The fourth-order valence-corrected chi connectivity index (χ4v) is 5.37. The smallest absolute Gasteiger partial charge is 0.350 e. The Bertz CT molecular complexity index is 1470. The summed E-state index contributed by atoms with van der Waals surface area (Å²) in [4.78, 5) is 45.0. The van der Waals surface area contributed by atoms with Crippen molar-refractivity contribution in [1.29, 1.82) is 0 Å². The van der Waals surface area contributed by atoms with E-state index in [9.17, 15) is 19.5 Å². The maximum absolute atomic E-state index is 13.4. The Morgan fingerprint density at radius 2 is 1.86 bits per heavy atom. The molecule has 0 aliphatic carbocycles. The van der Waals surface area contributed by atoms with Crippen molar-refractivity contribution < 1.29 is 29.0 Å². The molecule has 11 heteroatoms. The van der Waals surface area contributed by atoms with Gasteiger partial charge >= 0.3 is 11.9 Å². The van der Waals surface area contributed by atoms with Crippen LogP contribution in [0.3, 0.4) is 0 Å². The number of aromatic nitrogens is 1. The van der Waals surface area contributed by atoms with Gasteiger partial charge in [-0.25, -0.2) is 9.78 Å². The van der Waals surface area contributed by atoms with Crippen LogP contribution in [0.5, 0.6) is 5.75 Å². The molecule has 192 valence electrons. The molecule has 2 heterocycles. The number of hydrogen-bond acceptors (Lipinski definition) is 8. The number of esters is 1. The van der Waals surface area contributed by atoms with Crippen molar-refractivity contribution in [2.75, 3.05) is 18.6 Å². The molecule has 1 aliphatic heterocycles. The zero-order valence-corrected chi connectivity index (χ0v) is 22.6. The van der Waals surface area contributed by atoms with Crippen LogP contribution >= 0.6 is 34.5 Å². The maximum Gasteiger partial charge on any atom is 0.350 e. The third-order valence-electron chi connectivity index (χ3n) is 5.84. The Morgan fingerprint density at radius 3 is 2.49 bits per heavy atom. The molecule has 1 aromatic heterocycles. The second kappa shape index (κ2) is 10.5. The van der Waals surface area contributed by atoms with E-state index >= 15 is 0 Å². The lowest BCUT2D eigenvalue weighted by atomic mass is 9.94. The van der Waals surface area contributed by atoms with Gasteiger partial charge in [-0.05, 0) is 62.2 Å². The number of nitrogens with zero attached hydrogens (tertiary/aromatic N) is 2. The molecule has 8 nitrogen and oxygen atoms in total. The van der Waals surface area contributed by atoms with Gasteiger partial charge in [0.1, 0.15) is 16.4 Å². The van der Waals surface area contributed by atoms with Crippen LogP contribution in [0.2, 0.25) is 10.0 Å². The van der Waals surface area contributed by atoms with Crippen LogP contribution in [0.4, 0.5) is 5.13 Å². The highest BCUT2D eigenvalue weighted by atomic mass is 35.5. The number of rotatable bonds is 6. The van der Waals surface area contributed by atoms with Crippen molar-refractivity contribution in [3.05, 3.63) is 79.3 Å². The Hall–Kier alpha value is -3.40. The molecule has 0 radical (unpaired) electrons. The van der Waals surface area contributed by atoms with Crippen LogP contribution in [0.15, 0.2) is 42.0 Å². The Labute approximate surface area is 227 Å². The first-order valence-electron chi connectivity index (χ1n) is 11.1. The average Bonchev–Trinajstić information content (AvgIpc) is 3.37. The minimum Gasteiger partial charge on any atom is -0.507 e. The number of methoxy groups -OCH3 is 1. The predicted octanol–water partition coefficient (Wildman–Crippen LogP) is 5.88. The third-order valence-corrected chi connectivity index (χ3v) is 7.72. The van der Waals surface area contributed by atoms with Crippen molar-refractivity contribution in [2.24, 2.45) is 0 Å². The van der Waals surface area contributed by atoms with Gasteiger partial charge in [0, 0.05) is 5.56 Å². The topological polar surface area (TPSA) is 106 Å². The highest BCUT2D eigenvalue weighted by Gasteiger charge is 2.48. The quantitative estimate of drug-likeness (QED) is 0.173. The number of carbonyl (C=O) groups is 3. The summed E-state index contributed by atoms with van der Waals surface area (Å²) in [6.45, 7) is 5.20. The number of aliphatic hydroxyl groups is 1. The number of amides is 1. The molecule has 1 saturated heterocycles. The number of benzene rings is 2. The summed E-state index contributed by atoms with van der Waals surface area (Å²) in [6.07, 6.45) is 0. The fourth-order valence-electron chi connectivity index (χ4n) is 4.07. The van der Waals surface area contributed by atoms with E-state index in [4.69, 9.17) is 32.7 Å². The second-order valence-corrected chi connectivity index (χ2v) is 9.95. The molecule has 0 spiro atoms. The first-order chi connectivity index (χ1) is 17.6. The van der Waals surface area contributed by atoms with Gasteiger partial charge in [-0.1, -0.05) is 40.6 Å². The maximum atomic E-state index is 13.4. The number of anilines is 1. The Morgan fingerprint density at radius 1 is 1.14 bits per heavy atom. The Kier molecular flexibility index (Phi) is 7.59. The number of aryl methyl sites for hydroxylation is 2. The fraction of sp³-hybridized carbons (Fsp3) is 0.231. The van der Waals surface area contributed by atoms with Crippen molar-refractivity contribution >= 4 is 63.1 Å². The number of ketones is 1. The van der Waals surface area contributed by atoms with Crippen LogP contribution in [-0.2, 0) is 14.3 Å². The zero-order valence-electron chi connectivity index (χ0n) is 20.3. The van der Waals surface area contributed by atoms with Gasteiger partial charge in [-0.15, -0.1) is 0 Å². The van der Waals surface area contributed by atoms with Gasteiger partial charge in [-0.2, -0.15) is 0 Å². The lowest BCUT2D eigenvalue weighted by Crippen LogP contribution is -2.29. The molecule has 0 bridgehead atoms. The average molecular weight is 561 g/mol. The van der Waals surface area contributed by atoms with E-state index in [1.807, 2.05) is 0 Å². The molecule has 1 fully saturated rings. The normalized spacial score (nSPS) is 16.8. The summed E-state index contributed by atoms with van der Waals surface area (Å²) in [5, 5.41) is 12.0. The van der Waals surface area contributed by atoms with Gasteiger partial charge in [0.2, 0.25) is 0 Å². The minimum atomic E-state index is -1.09. The van der Waals surface area contributed by atoms with Crippen LogP contribution in [0.25, 0.3) is 5.76 Å². The predicted molar refractivity (Wildman–Crippen MR) is 142 cm³/mol. The number of ether oxygens (including phenoxy) is 2. The molecule has 4 rings (SSSR count). The SMILES string of the molecule is CCOC(=O)c1sc(N2C(=O)C(=O)/C(=C(/O)c3ccc(OC)cc3C)[C@H]2c2ccc(Cl)c(Cl)c2)nc1C. The summed E-state index contributed by atoms with van der Waals surface area (Å²) in [6, 6.07) is 8.53. The molecule has 0 saturated carbocycles. The molecule has 0 unspecified atom stereocenters. The van der Waals surface area contributed by atoms with Gasteiger partial charge in [0.25, 0.3) is 5.78 Å². The molecule has 37 heavy (non-hydrogen) atoms. The van der Waals surface area contributed by atoms with Crippen molar-refractivity contribution in [3.8, 4) is 5.75 Å². The monoisotopic (exact) mass is 560 g/mol. The van der Waals surface area contributed by atoms with Crippen LogP contribution in [0.1, 0.15) is 45.0 Å². The first-order valence-corrected chi connectivity index (χ1v) is 12.7. The molecule has 3 aromatic rings. The first kappa shape index (κ1) is 26.7. The molecule has 2 aromatic carbocycles.